The van der Waals surface area contributed by atoms with Gasteiger partial charge in [-0.1, -0.05) is 195 Å². The van der Waals surface area contributed by atoms with Crippen LogP contribution < -0.4 is 10.6 Å². The second-order valence-electron chi connectivity index (χ2n) is 16.3. The molecular formula is C59H44N2. The van der Waals surface area contributed by atoms with Crippen LogP contribution in [0, 0.1) is 11.8 Å². The number of aromatic nitrogens is 1. The number of nitrogens with zero attached hydrogens (tertiary/aromatic N) is 2. The first-order chi connectivity index (χ1) is 30.2. The Morgan fingerprint density at radius 1 is 0.525 bits per heavy atom. The van der Waals surface area contributed by atoms with Crippen LogP contribution >= 0.6 is 0 Å². The number of allylic oxidation sites excluding steroid dienone is 4. The lowest BCUT2D eigenvalue weighted by Crippen LogP contribution is -2.38. The second-order valence-corrected chi connectivity index (χ2v) is 16.3. The van der Waals surface area contributed by atoms with Gasteiger partial charge in [0, 0.05) is 33.3 Å². The molecule has 2 nitrogen and oxygen atoms in total. The molecule has 290 valence electrons. The van der Waals surface area contributed by atoms with Crippen molar-refractivity contribution in [2.24, 2.45) is 16.8 Å². The summed E-state index contributed by atoms with van der Waals surface area (Å²) in [4.78, 5) is 5.42. The van der Waals surface area contributed by atoms with Gasteiger partial charge >= 0.3 is 0 Å². The summed E-state index contributed by atoms with van der Waals surface area (Å²) in [6.45, 7) is 2.93. The van der Waals surface area contributed by atoms with E-state index in [4.69, 9.17) is 4.99 Å². The molecule has 0 amide bonds. The minimum atomic E-state index is 0.293. The molecule has 9 aromatic rings. The van der Waals surface area contributed by atoms with Crippen LogP contribution in [0.2, 0.25) is 0 Å². The first-order valence-corrected chi connectivity index (χ1v) is 21.4. The van der Waals surface area contributed by atoms with E-state index in [1.54, 1.807) is 0 Å². The van der Waals surface area contributed by atoms with Crippen LogP contribution in [0.15, 0.2) is 223 Å². The average Bonchev–Trinajstić information content (AvgIpc) is 3.67. The Hall–Kier alpha value is -7.55. The first kappa shape index (κ1) is 36.5. The van der Waals surface area contributed by atoms with Crippen LogP contribution in [0.4, 0.5) is 0 Å². The number of aliphatic imine (C=N–C) groups is 1. The van der Waals surface area contributed by atoms with E-state index in [0.29, 0.717) is 18.4 Å². The topological polar surface area (TPSA) is 17.3 Å². The van der Waals surface area contributed by atoms with Gasteiger partial charge in [-0.3, -0.25) is 4.99 Å². The fourth-order valence-corrected chi connectivity index (χ4v) is 9.52. The van der Waals surface area contributed by atoms with Gasteiger partial charge in [0.1, 0.15) is 0 Å². The normalized spacial score (nSPS) is 15.9. The highest BCUT2D eigenvalue weighted by atomic mass is 15.0. The third kappa shape index (κ3) is 6.77. The lowest BCUT2D eigenvalue weighted by Gasteiger charge is -2.27. The molecular weight excluding hydrogens is 737 g/mol. The molecule has 0 aliphatic heterocycles. The van der Waals surface area contributed by atoms with Crippen molar-refractivity contribution in [2.75, 3.05) is 0 Å². The highest BCUT2D eigenvalue weighted by Crippen LogP contribution is 2.37. The predicted molar refractivity (Wildman–Crippen MR) is 257 cm³/mol. The van der Waals surface area contributed by atoms with Crippen molar-refractivity contribution < 1.29 is 0 Å². The summed E-state index contributed by atoms with van der Waals surface area (Å²) < 4.78 is 2.49. The second kappa shape index (κ2) is 15.6. The highest BCUT2D eigenvalue weighted by Gasteiger charge is 2.28. The fourth-order valence-electron chi connectivity index (χ4n) is 9.52. The number of hydrogen-bond acceptors (Lipinski definition) is 1. The van der Waals surface area contributed by atoms with Gasteiger partial charge in [-0.05, 0) is 97.6 Å². The number of fused-ring (bicyclic) bond motifs is 6. The molecule has 2 atom stereocenters. The lowest BCUT2D eigenvalue weighted by atomic mass is 9.77. The zero-order valence-corrected chi connectivity index (χ0v) is 34.1. The third-order valence-electron chi connectivity index (χ3n) is 12.5. The first-order valence-electron chi connectivity index (χ1n) is 21.4. The van der Waals surface area contributed by atoms with Crippen molar-refractivity contribution >= 4 is 44.6 Å². The maximum Gasteiger partial charge on any atom is 0.0723 e. The molecule has 11 rings (SSSR count). The van der Waals surface area contributed by atoms with E-state index in [9.17, 15) is 0 Å². The number of benzene rings is 8. The number of hydrogen-bond donors (Lipinski definition) is 0. The molecule has 0 bridgehead atoms. The van der Waals surface area contributed by atoms with Gasteiger partial charge in [-0.2, -0.15) is 0 Å². The van der Waals surface area contributed by atoms with Crippen molar-refractivity contribution in [1.29, 1.82) is 0 Å². The summed E-state index contributed by atoms with van der Waals surface area (Å²) >= 11 is 0. The van der Waals surface area contributed by atoms with Gasteiger partial charge in [0.2, 0.25) is 0 Å². The zero-order valence-electron chi connectivity index (χ0n) is 34.1. The maximum absolute atomic E-state index is 5.42. The Morgan fingerprint density at radius 2 is 1.13 bits per heavy atom. The van der Waals surface area contributed by atoms with E-state index >= 15 is 0 Å². The summed E-state index contributed by atoms with van der Waals surface area (Å²) in [5.74, 6) is 0.621. The van der Waals surface area contributed by atoms with E-state index in [0.717, 1.165) is 28.1 Å². The van der Waals surface area contributed by atoms with Crippen LogP contribution in [0.25, 0.3) is 66.8 Å². The van der Waals surface area contributed by atoms with E-state index < -0.39 is 0 Å². The molecule has 8 aromatic carbocycles. The Balaban J connectivity index is 1.02. The Morgan fingerprint density at radius 3 is 1.80 bits per heavy atom. The van der Waals surface area contributed by atoms with Crippen LogP contribution in [-0.4, -0.2) is 10.3 Å². The Kier molecular flexibility index (Phi) is 9.32. The largest absolute Gasteiger partial charge is 0.310 e. The van der Waals surface area contributed by atoms with E-state index in [-0.39, 0.29) is 0 Å². The zero-order chi connectivity index (χ0) is 40.7. The molecule has 0 saturated heterocycles. The van der Waals surface area contributed by atoms with Gasteiger partial charge < -0.3 is 4.57 Å². The van der Waals surface area contributed by atoms with Crippen LogP contribution in [0.1, 0.15) is 29.2 Å². The molecule has 0 spiro atoms. The smallest absolute Gasteiger partial charge is 0.0723 e. The van der Waals surface area contributed by atoms with E-state index in [1.807, 2.05) is 0 Å². The molecule has 0 saturated carbocycles. The molecule has 0 radical (unpaired) electrons. The molecule has 2 aliphatic rings. The van der Waals surface area contributed by atoms with Crippen molar-refractivity contribution in [2.45, 2.75) is 13.5 Å². The van der Waals surface area contributed by atoms with E-state index in [2.05, 4.69) is 236 Å². The molecule has 0 fully saturated rings. The van der Waals surface area contributed by atoms with Crippen LogP contribution in [0.5, 0.6) is 0 Å². The molecule has 61 heavy (non-hydrogen) atoms. The van der Waals surface area contributed by atoms with Gasteiger partial charge in [-0.25, -0.2) is 0 Å². The fraction of sp³-hybridized carbons (Fsp3) is 0.0678. The molecule has 2 heteroatoms. The molecule has 1 heterocycles. The predicted octanol–water partition coefficient (Wildman–Crippen LogP) is 13.0. The van der Waals surface area contributed by atoms with E-state index in [1.165, 1.54) is 71.2 Å². The van der Waals surface area contributed by atoms with Gasteiger partial charge in [-0.15, -0.1) is 0 Å². The molecule has 2 aliphatic carbocycles. The van der Waals surface area contributed by atoms with Crippen LogP contribution in [0.3, 0.4) is 0 Å². The van der Waals surface area contributed by atoms with Crippen molar-refractivity contribution in [1.82, 2.24) is 4.57 Å². The summed E-state index contributed by atoms with van der Waals surface area (Å²) in [6, 6.07) is 72.1. The molecule has 1 aromatic heterocycles. The Labute approximate surface area is 357 Å². The quantitative estimate of drug-likeness (QED) is 0.137. The van der Waals surface area contributed by atoms with Gasteiger partial charge in [0.05, 0.1) is 23.1 Å². The summed E-state index contributed by atoms with van der Waals surface area (Å²) in [6.07, 6.45) is 9.71. The van der Waals surface area contributed by atoms with Crippen LogP contribution in [-0.2, 0) is 6.54 Å². The van der Waals surface area contributed by atoms with Gasteiger partial charge in [0.25, 0.3) is 0 Å². The summed E-state index contributed by atoms with van der Waals surface area (Å²) in [7, 11) is 0. The summed E-state index contributed by atoms with van der Waals surface area (Å²) in [5, 5.41) is 6.51. The van der Waals surface area contributed by atoms with Crippen molar-refractivity contribution in [3.8, 4) is 27.9 Å². The Bertz CT molecular complexity index is 3240. The highest BCUT2D eigenvalue weighted by molar-refractivity contribution is 6.14. The number of rotatable bonds is 8. The molecule has 2 unspecified atom stereocenters. The SMILES string of the molecule is CC1C=c2c(c3c4ccccc4ccc3n2-c2ccc(C/N=C(\c3ccccc3)c3cc(-c4ccccc4)cc(-c4ccccc4)c3)cc2)=C2C=CC(c3ccccc3)=CC21. The minimum absolute atomic E-state index is 0.293. The van der Waals surface area contributed by atoms with Crippen molar-refractivity contribution in [3.05, 3.63) is 251 Å². The lowest BCUT2D eigenvalue weighted by molar-refractivity contribution is 0.648. The third-order valence-corrected chi connectivity index (χ3v) is 12.5. The van der Waals surface area contributed by atoms with Gasteiger partial charge in [0.15, 0.2) is 0 Å². The maximum atomic E-state index is 5.42. The standard InChI is InChI=1S/C59H44N2/c1-40-34-56-58(53-32-28-47(38-54(40)53)42-16-6-2-7-17-42)57-52-25-15-14-22-45(52)29-33-55(57)61(56)51-30-26-41(27-31-51)39-60-59(46-23-12-5-13-24-46)50-36-48(43-18-8-3-9-19-43)35-49(37-50)44-20-10-4-11-21-44/h2-38,40,54H,39H2,1H3/b60-59+. The molecule has 0 N–H and O–H groups in total. The van der Waals surface area contributed by atoms with Crippen molar-refractivity contribution in [3.63, 3.8) is 0 Å². The minimum Gasteiger partial charge on any atom is -0.310 e. The average molecular weight is 781 g/mol. The monoisotopic (exact) mass is 780 g/mol. The summed E-state index contributed by atoms with van der Waals surface area (Å²) in [5.41, 5.74) is 15.4.